The van der Waals surface area contributed by atoms with Crippen molar-refractivity contribution in [1.82, 2.24) is 9.88 Å². The van der Waals surface area contributed by atoms with Crippen LogP contribution in [0, 0.1) is 6.92 Å². The first-order valence-electron chi connectivity index (χ1n) is 7.15. The molecule has 0 unspecified atom stereocenters. The van der Waals surface area contributed by atoms with Crippen LogP contribution in [0.5, 0.6) is 0 Å². The van der Waals surface area contributed by atoms with Crippen LogP contribution < -0.4 is 5.32 Å². The Morgan fingerprint density at radius 1 is 1.35 bits per heavy atom. The lowest BCUT2D eigenvalue weighted by molar-refractivity contribution is 0.0521. The number of esters is 1. The molecule has 0 saturated carbocycles. The Labute approximate surface area is 139 Å². The van der Waals surface area contributed by atoms with Crippen LogP contribution in [0.4, 0.5) is 9.80 Å². The Morgan fingerprint density at radius 2 is 2.09 bits per heavy atom. The minimum Gasteiger partial charge on any atom is -0.461 e. The summed E-state index contributed by atoms with van der Waals surface area (Å²) >= 11 is 1.25. The van der Waals surface area contributed by atoms with Gasteiger partial charge in [-0.3, -0.25) is 5.32 Å². The minimum absolute atomic E-state index is 0.128. The number of rotatable bonds is 4. The maximum atomic E-state index is 12.1. The summed E-state index contributed by atoms with van der Waals surface area (Å²) in [7, 11) is 3.25. The van der Waals surface area contributed by atoms with Crippen molar-refractivity contribution in [3.8, 4) is 10.6 Å². The molecule has 6 nitrogen and oxygen atoms in total. The Bertz CT molecular complexity index is 725. The van der Waals surface area contributed by atoms with E-state index < -0.39 is 5.97 Å². The second-order valence-corrected chi connectivity index (χ2v) is 6.11. The summed E-state index contributed by atoms with van der Waals surface area (Å²) in [5, 5.41) is 3.74. The molecular formula is C16H19N3O3S. The summed E-state index contributed by atoms with van der Waals surface area (Å²) in [5.74, 6) is -0.545. The molecule has 2 aromatic rings. The second kappa shape index (κ2) is 7.23. The first-order valence-corrected chi connectivity index (χ1v) is 7.97. The van der Waals surface area contributed by atoms with Gasteiger partial charge in [-0.1, -0.05) is 35.1 Å². The van der Waals surface area contributed by atoms with Crippen LogP contribution in [0.15, 0.2) is 24.3 Å². The average molecular weight is 333 g/mol. The van der Waals surface area contributed by atoms with E-state index >= 15 is 0 Å². The number of amides is 2. The quantitative estimate of drug-likeness (QED) is 0.871. The van der Waals surface area contributed by atoms with E-state index in [4.69, 9.17) is 4.74 Å². The first kappa shape index (κ1) is 17.0. The topological polar surface area (TPSA) is 71.5 Å². The molecule has 1 heterocycles. The molecular weight excluding hydrogens is 314 g/mol. The van der Waals surface area contributed by atoms with Gasteiger partial charge in [-0.2, -0.15) is 0 Å². The van der Waals surface area contributed by atoms with Crippen molar-refractivity contribution >= 4 is 28.3 Å². The molecule has 7 heteroatoms. The van der Waals surface area contributed by atoms with Crippen molar-refractivity contribution in [2.75, 3.05) is 26.0 Å². The van der Waals surface area contributed by atoms with E-state index in [1.54, 1.807) is 21.0 Å². The summed E-state index contributed by atoms with van der Waals surface area (Å²) in [5.41, 5.74) is 2.11. The maximum absolute atomic E-state index is 12.1. The molecule has 23 heavy (non-hydrogen) atoms. The van der Waals surface area contributed by atoms with Gasteiger partial charge in [0.15, 0.2) is 5.69 Å². The van der Waals surface area contributed by atoms with E-state index in [2.05, 4.69) is 10.3 Å². The molecule has 0 bridgehead atoms. The molecule has 2 rings (SSSR count). The monoisotopic (exact) mass is 333 g/mol. The number of nitrogens with zero attached hydrogens (tertiary/aromatic N) is 2. The number of thiazole rings is 1. The number of carbonyl (C=O) groups excluding carboxylic acids is 2. The number of anilines is 1. The third-order valence-electron chi connectivity index (χ3n) is 2.99. The minimum atomic E-state index is -0.545. The Morgan fingerprint density at radius 3 is 2.70 bits per heavy atom. The highest BCUT2D eigenvalue weighted by Crippen LogP contribution is 2.33. The number of ether oxygens (including phenoxy) is 1. The van der Waals surface area contributed by atoms with Gasteiger partial charge in [0.2, 0.25) is 0 Å². The zero-order chi connectivity index (χ0) is 17.0. The van der Waals surface area contributed by atoms with E-state index in [-0.39, 0.29) is 18.3 Å². The van der Waals surface area contributed by atoms with Gasteiger partial charge in [0.25, 0.3) is 0 Å². The molecule has 0 aliphatic carbocycles. The van der Waals surface area contributed by atoms with Crippen molar-refractivity contribution in [2.24, 2.45) is 0 Å². The predicted molar refractivity (Wildman–Crippen MR) is 90.9 cm³/mol. The molecule has 1 aromatic carbocycles. The lowest BCUT2D eigenvalue weighted by Gasteiger charge is -2.11. The third-order valence-corrected chi connectivity index (χ3v) is 4.01. The number of aromatic nitrogens is 1. The molecule has 0 saturated heterocycles. The number of aryl methyl sites for hydroxylation is 1. The van der Waals surface area contributed by atoms with Gasteiger partial charge in [0.1, 0.15) is 10.0 Å². The smallest absolute Gasteiger partial charge is 0.360 e. The molecule has 0 aliphatic heterocycles. The second-order valence-electron chi connectivity index (χ2n) is 5.11. The van der Waals surface area contributed by atoms with Crippen LogP contribution in [0.1, 0.15) is 23.0 Å². The molecule has 122 valence electrons. The fraction of sp³-hybridized carbons (Fsp3) is 0.312. The highest BCUT2D eigenvalue weighted by molar-refractivity contribution is 7.19. The van der Waals surface area contributed by atoms with Gasteiger partial charge >= 0.3 is 12.0 Å². The summed E-state index contributed by atoms with van der Waals surface area (Å²) in [6, 6.07) is 7.48. The predicted octanol–water partition coefficient (Wildman–Crippen LogP) is 3.39. The van der Waals surface area contributed by atoms with Gasteiger partial charge in [-0.15, -0.1) is 0 Å². The molecule has 1 N–H and O–H groups in total. The van der Waals surface area contributed by atoms with Crippen molar-refractivity contribution in [3.63, 3.8) is 0 Å². The lowest BCUT2D eigenvalue weighted by Crippen LogP contribution is -2.27. The van der Waals surface area contributed by atoms with Gasteiger partial charge < -0.3 is 9.64 Å². The Balaban J connectivity index is 2.42. The zero-order valence-electron chi connectivity index (χ0n) is 13.5. The van der Waals surface area contributed by atoms with Crippen molar-refractivity contribution in [2.45, 2.75) is 13.8 Å². The van der Waals surface area contributed by atoms with E-state index in [1.807, 2.05) is 31.2 Å². The van der Waals surface area contributed by atoms with E-state index in [0.29, 0.717) is 10.0 Å². The molecule has 0 atom stereocenters. The fourth-order valence-corrected chi connectivity index (χ4v) is 2.79. The van der Waals surface area contributed by atoms with Crippen LogP contribution in [0.3, 0.4) is 0 Å². The Kier molecular flexibility index (Phi) is 5.33. The number of benzene rings is 1. The Hall–Kier alpha value is -2.41. The summed E-state index contributed by atoms with van der Waals surface area (Å²) in [6.07, 6.45) is 0. The molecule has 2 amide bonds. The number of nitrogens with one attached hydrogen (secondary N) is 1. The SMILES string of the molecule is CCOC(=O)c1nc(-c2cccc(C)c2)sc1NC(=O)N(C)C. The van der Waals surface area contributed by atoms with Crippen LogP contribution in [-0.4, -0.2) is 42.6 Å². The lowest BCUT2D eigenvalue weighted by atomic mass is 10.1. The first-order chi connectivity index (χ1) is 10.9. The van der Waals surface area contributed by atoms with Gasteiger partial charge in [0.05, 0.1) is 6.61 Å². The number of carbonyl (C=O) groups is 2. The highest BCUT2D eigenvalue weighted by atomic mass is 32.1. The zero-order valence-corrected chi connectivity index (χ0v) is 14.4. The largest absolute Gasteiger partial charge is 0.461 e. The molecule has 0 fully saturated rings. The van der Waals surface area contributed by atoms with Crippen LogP contribution in [0.2, 0.25) is 0 Å². The standard InChI is InChI=1S/C16H19N3O3S/c1-5-22-15(20)12-14(18-16(21)19(3)4)23-13(17-12)11-8-6-7-10(2)9-11/h6-9H,5H2,1-4H3,(H,18,21). The van der Waals surface area contributed by atoms with E-state index in [0.717, 1.165) is 11.1 Å². The van der Waals surface area contributed by atoms with Crippen molar-refractivity contribution in [3.05, 3.63) is 35.5 Å². The molecule has 0 aliphatic rings. The number of hydrogen-bond acceptors (Lipinski definition) is 5. The van der Waals surface area contributed by atoms with Crippen LogP contribution in [-0.2, 0) is 4.74 Å². The van der Waals surface area contributed by atoms with Gasteiger partial charge in [-0.05, 0) is 19.9 Å². The fourth-order valence-electron chi connectivity index (χ4n) is 1.85. The number of urea groups is 1. The highest BCUT2D eigenvalue weighted by Gasteiger charge is 2.22. The normalized spacial score (nSPS) is 10.3. The van der Waals surface area contributed by atoms with Gasteiger partial charge in [-0.25, -0.2) is 14.6 Å². The molecule has 0 spiro atoms. The summed E-state index contributed by atoms with van der Waals surface area (Å²) in [6.45, 7) is 3.96. The van der Waals surface area contributed by atoms with Crippen LogP contribution in [0.25, 0.3) is 10.6 Å². The van der Waals surface area contributed by atoms with Gasteiger partial charge in [0, 0.05) is 19.7 Å². The van der Waals surface area contributed by atoms with E-state index in [1.165, 1.54) is 16.2 Å². The molecule has 1 aromatic heterocycles. The molecule has 0 radical (unpaired) electrons. The van der Waals surface area contributed by atoms with E-state index in [9.17, 15) is 9.59 Å². The summed E-state index contributed by atoms with van der Waals surface area (Å²) < 4.78 is 5.02. The third kappa shape index (κ3) is 4.07. The van der Waals surface area contributed by atoms with Crippen LogP contribution >= 0.6 is 11.3 Å². The summed E-state index contributed by atoms with van der Waals surface area (Å²) in [4.78, 5) is 29.7. The van der Waals surface area contributed by atoms with Crippen molar-refractivity contribution in [1.29, 1.82) is 0 Å². The maximum Gasteiger partial charge on any atom is 0.360 e. The average Bonchev–Trinajstić information content (AvgIpc) is 2.91. The number of hydrogen-bond donors (Lipinski definition) is 1. The van der Waals surface area contributed by atoms with Crippen molar-refractivity contribution < 1.29 is 14.3 Å².